The Kier molecular flexibility index (Phi) is 10.8. The summed E-state index contributed by atoms with van der Waals surface area (Å²) < 4.78 is 23.1. The van der Waals surface area contributed by atoms with Gasteiger partial charge in [0.25, 0.3) is 0 Å². The first-order valence-corrected chi connectivity index (χ1v) is 18.1. The Morgan fingerprint density at radius 2 is 1.20 bits per heavy atom. The standard InChI is InChI=1S/C37H52N4O9/c1-21-26-11-9-23(7-5-15-36(3)30(49-36)28(26)47-32(21)43)19-40-34(45)38-17-13-25(42)14-18-39-35(46)41-20-24-8-6-16-37(4)31(50-37)29-27(12-10-24)22(2)33(44)48-29/h7-8,25-31,42H,1-2,5-6,9-20H2,3-4H3,(H2,38,40,45)(H2,39,41,46)/b23-7+,24-8+/t26-,27-,28-,29-,30-,31-,36+,37+/m0/s1. The summed E-state index contributed by atoms with van der Waals surface area (Å²) >= 11 is 0. The van der Waals surface area contributed by atoms with Crippen LogP contribution in [0.4, 0.5) is 9.59 Å². The van der Waals surface area contributed by atoms with Crippen LogP contribution in [0.15, 0.2) is 47.6 Å². The predicted molar refractivity (Wildman–Crippen MR) is 183 cm³/mol. The van der Waals surface area contributed by atoms with Crippen LogP contribution in [-0.4, -0.2) is 97.0 Å². The highest BCUT2D eigenvalue weighted by Crippen LogP contribution is 2.51. The van der Waals surface area contributed by atoms with E-state index in [0.29, 0.717) is 62.8 Å². The van der Waals surface area contributed by atoms with E-state index in [1.165, 1.54) is 0 Å². The maximum absolute atomic E-state index is 12.5. The van der Waals surface area contributed by atoms with E-state index in [9.17, 15) is 24.3 Å². The molecule has 6 rings (SSSR count). The SMILES string of the molecule is C=C1C(=O)O[C@H]2[C@H]1CC/C(CNC(=O)NCCC(O)CCNC(=O)NC/C1=C/CC[C@@]3(C)O[C@H]3[C@H]3OC(=O)C(=C)[C@@H]3CC1)=C\CC[C@@]1(C)O[C@@H]21. The monoisotopic (exact) mass is 696 g/mol. The van der Waals surface area contributed by atoms with E-state index in [1.807, 2.05) is 13.8 Å². The molecule has 13 heteroatoms. The molecule has 0 radical (unpaired) electrons. The molecule has 4 fully saturated rings. The van der Waals surface area contributed by atoms with Crippen LogP contribution in [0, 0.1) is 11.8 Å². The lowest BCUT2D eigenvalue weighted by atomic mass is 9.84. The first-order chi connectivity index (χ1) is 23.9. The maximum atomic E-state index is 12.5. The lowest BCUT2D eigenvalue weighted by Gasteiger charge is -2.20. The van der Waals surface area contributed by atoms with Gasteiger partial charge in [0.2, 0.25) is 0 Å². The number of hydrogen-bond donors (Lipinski definition) is 5. The summed E-state index contributed by atoms with van der Waals surface area (Å²) in [6, 6.07) is -0.653. The van der Waals surface area contributed by atoms with E-state index < -0.39 is 6.10 Å². The van der Waals surface area contributed by atoms with Crippen LogP contribution in [0.25, 0.3) is 0 Å². The largest absolute Gasteiger partial charge is 0.455 e. The van der Waals surface area contributed by atoms with E-state index in [1.54, 1.807) is 0 Å². The van der Waals surface area contributed by atoms with Gasteiger partial charge in [-0.3, -0.25) is 0 Å². The van der Waals surface area contributed by atoms with Gasteiger partial charge < -0.3 is 45.3 Å². The number of nitrogens with one attached hydrogen (secondary N) is 4. The van der Waals surface area contributed by atoms with E-state index in [4.69, 9.17) is 18.9 Å². The van der Waals surface area contributed by atoms with E-state index >= 15 is 0 Å². The van der Waals surface area contributed by atoms with E-state index in [-0.39, 0.29) is 84.5 Å². The Labute approximate surface area is 293 Å². The topological polar surface area (TPSA) is 180 Å². The zero-order valence-electron chi connectivity index (χ0n) is 29.2. The number of aliphatic hydroxyl groups is 1. The van der Waals surface area contributed by atoms with Crippen molar-refractivity contribution in [3.8, 4) is 0 Å². The fraction of sp³-hybridized carbons (Fsp3) is 0.676. The molecule has 8 atom stereocenters. The van der Waals surface area contributed by atoms with Crippen molar-refractivity contribution in [1.82, 2.24) is 21.3 Å². The molecule has 0 unspecified atom stereocenters. The fourth-order valence-electron chi connectivity index (χ4n) is 7.92. The summed E-state index contributed by atoms with van der Waals surface area (Å²) in [5, 5.41) is 21.8. The van der Waals surface area contributed by atoms with Gasteiger partial charge >= 0.3 is 24.0 Å². The van der Waals surface area contributed by atoms with Crippen LogP contribution in [0.1, 0.15) is 78.1 Å². The first-order valence-electron chi connectivity index (χ1n) is 18.1. The van der Waals surface area contributed by atoms with Gasteiger partial charge in [0, 0.05) is 49.2 Å². The third kappa shape index (κ3) is 8.26. The molecular formula is C37H52N4O9. The summed E-state index contributed by atoms with van der Waals surface area (Å²) in [7, 11) is 0. The minimum absolute atomic E-state index is 0.0923. The highest BCUT2D eigenvalue weighted by molar-refractivity contribution is 5.91. The van der Waals surface area contributed by atoms with E-state index in [0.717, 1.165) is 36.8 Å². The van der Waals surface area contributed by atoms with Gasteiger partial charge in [-0.25, -0.2) is 19.2 Å². The number of urea groups is 2. The molecule has 0 aromatic rings. The fourth-order valence-corrected chi connectivity index (χ4v) is 7.92. The molecule has 274 valence electrons. The molecule has 6 aliphatic rings. The van der Waals surface area contributed by atoms with Crippen molar-refractivity contribution in [1.29, 1.82) is 0 Å². The molecule has 4 heterocycles. The quantitative estimate of drug-likeness (QED) is 0.0992. The highest BCUT2D eigenvalue weighted by Gasteiger charge is 2.62. The Balaban J connectivity index is 0.849. The summed E-state index contributed by atoms with van der Waals surface area (Å²) in [6.45, 7) is 13.3. The van der Waals surface area contributed by atoms with Gasteiger partial charge in [-0.05, 0) is 78.1 Å². The van der Waals surface area contributed by atoms with Gasteiger partial charge in [-0.1, -0.05) is 36.5 Å². The number of ether oxygens (including phenoxy) is 4. The van der Waals surface area contributed by atoms with Crippen LogP contribution in [-0.2, 0) is 28.5 Å². The van der Waals surface area contributed by atoms with Crippen LogP contribution < -0.4 is 21.3 Å². The first kappa shape index (κ1) is 36.1. The number of aliphatic hydroxyl groups excluding tert-OH is 1. The number of rotatable bonds is 10. The van der Waals surface area contributed by atoms with Gasteiger partial charge in [0.15, 0.2) is 0 Å². The number of allylic oxidation sites excluding steroid dienone is 2. The predicted octanol–water partition coefficient (Wildman–Crippen LogP) is 3.24. The molecule has 4 saturated heterocycles. The molecule has 5 N–H and O–H groups in total. The van der Waals surface area contributed by atoms with Crippen molar-refractivity contribution in [2.24, 2.45) is 11.8 Å². The smallest absolute Gasteiger partial charge is 0.334 e. The zero-order chi connectivity index (χ0) is 35.6. The summed E-state index contributed by atoms with van der Waals surface area (Å²) in [6.07, 6.45) is 9.53. The van der Waals surface area contributed by atoms with Crippen molar-refractivity contribution in [3.05, 3.63) is 47.6 Å². The van der Waals surface area contributed by atoms with Crippen LogP contribution >= 0.6 is 0 Å². The van der Waals surface area contributed by atoms with Crippen LogP contribution in [0.3, 0.4) is 0 Å². The number of epoxide rings is 2. The molecule has 0 spiro atoms. The minimum atomic E-state index is -0.697. The molecule has 4 aliphatic heterocycles. The van der Waals surface area contributed by atoms with E-state index in [2.05, 4.69) is 46.6 Å². The number of carbonyl (C=O) groups excluding carboxylic acids is 4. The normalized spacial score (nSPS) is 37.4. The number of esters is 2. The summed E-state index contributed by atoms with van der Waals surface area (Å²) in [5.41, 5.74) is 2.52. The van der Waals surface area contributed by atoms with Gasteiger partial charge in [-0.2, -0.15) is 0 Å². The minimum Gasteiger partial charge on any atom is -0.455 e. The van der Waals surface area contributed by atoms with Crippen LogP contribution in [0.5, 0.6) is 0 Å². The number of amides is 4. The molecule has 4 amide bonds. The second kappa shape index (κ2) is 14.9. The molecule has 0 aromatic heterocycles. The Bertz CT molecular complexity index is 1350. The highest BCUT2D eigenvalue weighted by atomic mass is 16.7. The second-order valence-corrected chi connectivity index (χ2v) is 15.0. The van der Waals surface area contributed by atoms with Crippen LogP contribution in [0.2, 0.25) is 0 Å². The van der Waals surface area contributed by atoms with Gasteiger partial charge in [-0.15, -0.1) is 0 Å². The Morgan fingerprint density at radius 3 is 1.62 bits per heavy atom. The Morgan fingerprint density at radius 1 is 0.780 bits per heavy atom. The number of fused-ring (bicyclic) bond motifs is 6. The van der Waals surface area contributed by atoms with Crippen molar-refractivity contribution in [3.63, 3.8) is 0 Å². The maximum Gasteiger partial charge on any atom is 0.334 e. The lowest BCUT2D eigenvalue weighted by Crippen LogP contribution is -2.39. The molecule has 13 nitrogen and oxygen atoms in total. The lowest BCUT2D eigenvalue weighted by molar-refractivity contribution is -0.140. The third-order valence-electron chi connectivity index (χ3n) is 11.4. The van der Waals surface area contributed by atoms with Crippen molar-refractivity contribution >= 4 is 24.0 Å². The number of hydrogen-bond acceptors (Lipinski definition) is 9. The molecule has 2 aliphatic carbocycles. The third-order valence-corrected chi connectivity index (χ3v) is 11.4. The average molecular weight is 697 g/mol. The van der Waals surface area contributed by atoms with Crippen molar-refractivity contribution in [2.75, 3.05) is 26.2 Å². The molecular weight excluding hydrogens is 644 g/mol. The summed E-state index contributed by atoms with van der Waals surface area (Å²) in [5.74, 6) is -0.890. The number of carbonyl (C=O) groups is 4. The van der Waals surface area contributed by atoms with Gasteiger partial charge in [0.05, 0.1) is 17.3 Å². The molecule has 50 heavy (non-hydrogen) atoms. The molecule has 0 bridgehead atoms. The van der Waals surface area contributed by atoms with Crippen molar-refractivity contribution < 1.29 is 43.2 Å². The second-order valence-electron chi connectivity index (χ2n) is 15.0. The Hall–Kier alpha value is -3.68. The molecule has 0 saturated carbocycles. The average Bonchev–Trinajstić information content (AvgIpc) is 3.89. The molecule has 0 aromatic carbocycles. The van der Waals surface area contributed by atoms with Gasteiger partial charge in [0.1, 0.15) is 24.4 Å². The zero-order valence-corrected chi connectivity index (χ0v) is 29.2. The summed E-state index contributed by atoms with van der Waals surface area (Å²) in [4.78, 5) is 49.4. The van der Waals surface area contributed by atoms with Crippen molar-refractivity contribution in [2.45, 2.75) is 120 Å².